The van der Waals surface area contributed by atoms with E-state index in [2.05, 4.69) is 28.1 Å². The van der Waals surface area contributed by atoms with Crippen LogP contribution in [-0.2, 0) is 4.79 Å². The van der Waals surface area contributed by atoms with Gasteiger partial charge in [0.05, 0.1) is 12.8 Å². The number of carbonyl (C=O) groups excluding carboxylic acids is 2. The Balaban J connectivity index is 1.71. The maximum Gasteiger partial charge on any atom is 0.327 e. The SMILES string of the molecule is COc1ccc(C)cc1N1CCCN2C3C(=O)N(C)C(=O)N(C)C3NC12. The van der Waals surface area contributed by atoms with Crippen molar-refractivity contribution in [2.24, 2.45) is 0 Å². The molecule has 3 saturated heterocycles. The summed E-state index contributed by atoms with van der Waals surface area (Å²) in [6.07, 6.45) is 0.459. The third kappa shape index (κ3) is 2.36. The zero-order valence-corrected chi connectivity index (χ0v) is 15.6. The summed E-state index contributed by atoms with van der Waals surface area (Å²) in [6.45, 7) is 3.72. The van der Waals surface area contributed by atoms with E-state index in [1.54, 1.807) is 26.1 Å². The number of fused-ring (bicyclic) bond motifs is 3. The van der Waals surface area contributed by atoms with E-state index in [1.807, 2.05) is 12.1 Å². The van der Waals surface area contributed by atoms with Crippen LogP contribution in [0.2, 0.25) is 0 Å². The summed E-state index contributed by atoms with van der Waals surface area (Å²) >= 11 is 0. The number of likely N-dealkylation sites (N-methyl/N-ethyl adjacent to an activating group) is 2. The molecule has 0 aliphatic carbocycles. The first-order valence-corrected chi connectivity index (χ1v) is 8.91. The number of nitrogens with one attached hydrogen (secondary N) is 1. The molecule has 26 heavy (non-hydrogen) atoms. The van der Waals surface area contributed by atoms with Crippen molar-refractivity contribution in [3.05, 3.63) is 23.8 Å². The van der Waals surface area contributed by atoms with Gasteiger partial charge in [-0.2, -0.15) is 0 Å². The fourth-order valence-electron chi connectivity index (χ4n) is 4.27. The summed E-state index contributed by atoms with van der Waals surface area (Å²) in [7, 11) is 4.96. The van der Waals surface area contributed by atoms with Crippen LogP contribution < -0.4 is 15.0 Å². The number of anilines is 1. The average Bonchev–Trinajstić information content (AvgIpc) is 3.04. The van der Waals surface area contributed by atoms with Crippen molar-refractivity contribution in [1.29, 1.82) is 0 Å². The number of methoxy groups -OCH3 is 1. The van der Waals surface area contributed by atoms with E-state index in [1.165, 1.54) is 4.90 Å². The van der Waals surface area contributed by atoms with Crippen LogP contribution in [0.15, 0.2) is 18.2 Å². The van der Waals surface area contributed by atoms with Gasteiger partial charge in [0.15, 0.2) is 0 Å². The Bertz CT molecular complexity index is 754. The molecular weight excluding hydrogens is 334 g/mol. The van der Waals surface area contributed by atoms with E-state index >= 15 is 0 Å². The third-order valence-electron chi connectivity index (χ3n) is 5.63. The van der Waals surface area contributed by atoms with Crippen molar-refractivity contribution >= 4 is 17.6 Å². The van der Waals surface area contributed by atoms with Gasteiger partial charge in [0.2, 0.25) is 0 Å². The minimum absolute atomic E-state index is 0.147. The molecule has 0 spiro atoms. The third-order valence-corrected chi connectivity index (χ3v) is 5.63. The monoisotopic (exact) mass is 359 g/mol. The van der Waals surface area contributed by atoms with Gasteiger partial charge in [-0.3, -0.25) is 19.9 Å². The van der Waals surface area contributed by atoms with Gasteiger partial charge in [-0.1, -0.05) is 6.07 Å². The Morgan fingerprint density at radius 2 is 1.96 bits per heavy atom. The molecule has 0 saturated carbocycles. The van der Waals surface area contributed by atoms with Crippen LogP contribution in [0.3, 0.4) is 0 Å². The van der Waals surface area contributed by atoms with Crippen molar-refractivity contribution in [3.63, 3.8) is 0 Å². The molecule has 0 aromatic heterocycles. The van der Waals surface area contributed by atoms with Crippen molar-refractivity contribution in [1.82, 2.24) is 20.0 Å². The Labute approximate surface area is 153 Å². The minimum Gasteiger partial charge on any atom is -0.495 e. The van der Waals surface area contributed by atoms with Crippen molar-refractivity contribution < 1.29 is 14.3 Å². The molecule has 3 unspecified atom stereocenters. The molecule has 4 rings (SSSR count). The fraction of sp³-hybridized carbons (Fsp3) is 0.556. The Morgan fingerprint density at radius 1 is 1.19 bits per heavy atom. The highest BCUT2D eigenvalue weighted by molar-refractivity contribution is 6.00. The number of imide groups is 1. The van der Waals surface area contributed by atoms with Crippen molar-refractivity contribution in [2.45, 2.75) is 31.8 Å². The first-order valence-electron chi connectivity index (χ1n) is 8.91. The summed E-state index contributed by atoms with van der Waals surface area (Å²) in [5.41, 5.74) is 2.15. The first kappa shape index (κ1) is 17.1. The molecule has 3 heterocycles. The largest absolute Gasteiger partial charge is 0.495 e. The number of ether oxygens (including phenoxy) is 1. The van der Waals surface area contributed by atoms with E-state index in [0.29, 0.717) is 0 Å². The molecule has 8 nitrogen and oxygen atoms in total. The number of nitrogens with zero attached hydrogens (tertiary/aromatic N) is 4. The number of rotatable bonds is 2. The zero-order chi connectivity index (χ0) is 18.6. The lowest BCUT2D eigenvalue weighted by atomic mass is 10.1. The van der Waals surface area contributed by atoms with E-state index in [9.17, 15) is 9.59 Å². The van der Waals surface area contributed by atoms with Crippen LogP contribution in [-0.4, -0.2) is 79.4 Å². The van der Waals surface area contributed by atoms with Gasteiger partial charge in [-0.25, -0.2) is 4.79 Å². The van der Waals surface area contributed by atoms with Gasteiger partial charge in [0.1, 0.15) is 24.2 Å². The molecule has 1 N–H and O–H groups in total. The second kappa shape index (κ2) is 6.14. The van der Waals surface area contributed by atoms with Crippen LogP contribution in [0.1, 0.15) is 12.0 Å². The summed E-state index contributed by atoms with van der Waals surface area (Å²) < 4.78 is 5.57. The van der Waals surface area contributed by atoms with E-state index in [0.717, 1.165) is 36.5 Å². The molecule has 3 aliphatic heterocycles. The van der Waals surface area contributed by atoms with Crippen LogP contribution >= 0.6 is 0 Å². The molecule has 8 heteroatoms. The molecular formula is C18H25N5O3. The molecule has 1 aromatic rings. The normalized spacial score (nSPS) is 29.1. The molecule has 3 amide bonds. The maximum atomic E-state index is 12.8. The lowest BCUT2D eigenvalue weighted by Crippen LogP contribution is -2.65. The number of hydrogen-bond acceptors (Lipinski definition) is 6. The van der Waals surface area contributed by atoms with Crippen molar-refractivity contribution in [3.8, 4) is 5.75 Å². The van der Waals surface area contributed by atoms with Gasteiger partial charge in [0.25, 0.3) is 5.91 Å². The number of benzene rings is 1. The quantitative estimate of drug-likeness (QED) is 0.835. The van der Waals surface area contributed by atoms with Crippen LogP contribution in [0.5, 0.6) is 5.75 Å². The molecule has 0 radical (unpaired) electrons. The topological polar surface area (TPSA) is 68.4 Å². The minimum atomic E-state index is -0.369. The molecule has 0 bridgehead atoms. The Hall–Kier alpha value is -2.32. The van der Waals surface area contributed by atoms with Crippen molar-refractivity contribution in [2.75, 3.05) is 39.2 Å². The summed E-state index contributed by atoms with van der Waals surface area (Å²) in [5, 5.41) is 3.50. The van der Waals surface area contributed by atoms with E-state index < -0.39 is 0 Å². The van der Waals surface area contributed by atoms with E-state index in [4.69, 9.17) is 4.74 Å². The van der Waals surface area contributed by atoms with Crippen LogP contribution in [0.4, 0.5) is 10.5 Å². The van der Waals surface area contributed by atoms with Gasteiger partial charge >= 0.3 is 6.03 Å². The number of hydrogen-bond donors (Lipinski definition) is 1. The lowest BCUT2D eigenvalue weighted by molar-refractivity contribution is -0.137. The van der Waals surface area contributed by atoms with Gasteiger partial charge in [-0.05, 0) is 31.0 Å². The van der Waals surface area contributed by atoms with E-state index in [-0.39, 0.29) is 30.4 Å². The molecule has 1 aromatic carbocycles. The fourth-order valence-corrected chi connectivity index (χ4v) is 4.27. The summed E-state index contributed by atoms with van der Waals surface area (Å²) in [6, 6.07) is 5.46. The Morgan fingerprint density at radius 3 is 2.69 bits per heavy atom. The van der Waals surface area contributed by atoms with Crippen LogP contribution in [0, 0.1) is 6.92 Å². The van der Waals surface area contributed by atoms with Gasteiger partial charge < -0.3 is 14.5 Å². The van der Waals surface area contributed by atoms with Crippen LogP contribution in [0.25, 0.3) is 0 Å². The second-order valence-electron chi connectivity index (χ2n) is 7.18. The highest BCUT2D eigenvalue weighted by atomic mass is 16.5. The molecule has 140 valence electrons. The highest BCUT2D eigenvalue weighted by Crippen LogP contribution is 2.37. The first-order chi connectivity index (χ1) is 12.4. The van der Waals surface area contributed by atoms with Gasteiger partial charge in [-0.15, -0.1) is 0 Å². The second-order valence-corrected chi connectivity index (χ2v) is 7.18. The zero-order valence-electron chi connectivity index (χ0n) is 15.6. The highest BCUT2D eigenvalue weighted by Gasteiger charge is 2.55. The number of urea groups is 1. The summed E-state index contributed by atoms with van der Waals surface area (Å²) in [4.78, 5) is 32.4. The van der Waals surface area contributed by atoms with Gasteiger partial charge in [0, 0.05) is 27.2 Å². The maximum absolute atomic E-state index is 12.8. The molecule has 3 aliphatic rings. The smallest absolute Gasteiger partial charge is 0.327 e. The average molecular weight is 359 g/mol. The number of amides is 3. The number of carbonyl (C=O) groups is 2. The predicted octanol–water partition coefficient (Wildman–Crippen LogP) is 0.621. The molecule has 3 atom stereocenters. The number of aryl methyl sites for hydroxylation is 1. The summed E-state index contributed by atoms with van der Waals surface area (Å²) in [5.74, 6) is 0.660. The lowest BCUT2D eigenvalue weighted by Gasteiger charge is -2.43. The standard InChI is InChI=1S/C18H25N5O3/c1-11-6-7-13(26-4)12(10-11)22-8-5-9-23-14-15(19-17(22)23)20(2)18(25)21(3)16(14)24/h6-7,10,14-15,17,19H,5,8-9H2,1-4H3. The molecule has 3 fully saturated rings. The Kier molecular flexibility index (Phi) is 4.04. The predicted molar refractivity (Wildman–Crippen MR) is 96.8 cm³/mol.